The van der Waals surface area contributed by atoms with E-state index in [1.807, 2.05) is 6.07 Å². The van der Waals surface area contributed by atoms with E-state index in [2.05, 4.69) is 43.0 Å². The van der Waals surface area contributed by atoms with E-state index >= 15 is 0 Å². The van der Waals surface area contributed by atoms with Crippen LogP contribution in [0.1, 0.15) is 47.2 Å². The van der Waals surface area contributed by atoms with Crippen LogP contribution in [0.3, 0.4) is 0 Å². The van der Waals surface area contributed by atoms with Gasteiger partial charge in [-0.3, -0.25) is 4.79 Å². The largest absolute Gasteiger partial charge is 0.494 e. The number of methoxy groups -OCH3 is 1. The molecule has 5 rings (SSSR count). The first-order valence-corrected chi connectivity index (χ1v) is 14.8. The van der Waals surface area contributed by atoms with Crippen LogP contribution in [-0.4, -0.2) is 66.3 Å². The standard InChI is InChI=1S/C31H39ClN6O3/c1-33-30(40)24-7-3-4-9-26(24)35-29-25(32)19-34-31(37-29)36-27-11-10-22-18-21(6-5-8-23(22)28(27)41-2)20-12-14-38(15-13-20)16-17-39/h3-4,7,9-11,19-21,39H,5-6,8,12-18H2,1-2H3,(H,33,40)(H2,34,35,36,37)/t21-/m0/s1. The van der Waals surface area contributed by atoms with Gasteiger partial charge in [0.2, 0.25) is 5.95 Å². The topological polar surface area (TPSA) is 112 Å². The maximum absolute atomic E-state index is 12.3. The number of β-amino-alcohol motifs (C(OH)–C–C–N with tert-alkyl or cyclic N) is 1. The quantitative estimate of drug-likeness (QED) is 0.257. The van der Waals surface area contributed by atoms with E-state index in [0.717, 1.165) is 56.3 Å². The molecule has 0 radical (unpaired) electrons. The number of benzene rings is 2. The Labute approximate surface area is 246 Å². The van der Waals surface area contributed by atoms with E-state index in [-0.39, 0.29) is 12.5 Å². The fourth-order valence-electron chi connectivity index (χ4n) is 6.27. The van der Waals surface area contributed by atoms with Crippen LogP contribution >= 0.6 is 11.6 Å². The number of aromatic nitrogens is 2. The molecule has 0 bridgehead atoms. The third kappa shape index (κ3) is 6.74. The molecule has 218 valence electrons. The number of aliphatic hydroxyl groups is 1. The van der Waals surface area contributed by atoms with Crippen LogP contribution in [0.5, 0.6) is 5.75 Å². The van der Waals surface area contributed by atoms with Crippen molar-refractivity contribution in [2.24, 2.45) is 11.8 Å². The summed E-state index contributed by atoms with van der Waals surface area (Å²) in [7, 11) is 3.31. The second kappa shape index (κ2) is 13.5. The molecule has 0 saturated carbocycles. The minimum Gasteiger partial charge on any atom is -0.494 e. The molecule has 1 saturated heterocycles. The molecule has 10 heteroatoms. The number of amides is 1. The number of hydrogen-bond donors (Lipinski definition) is 4. The highest BCUT2D eigenvalue weighted by Gasteiger charge is 2.29. The highest BCUT2D eigenvalue weighted by molar-refractivity contribution is 6.33. The molecule has 2 aliphatic rings. The molecule has 9 nitrogen and oxygen atoms in total. The van der Waals surface area contributed by atoms with E-state index in [1.54, 1.807) is 32.4 Å². The summed E-state index contributed by atoms with van der Waals surface area (Å²) in [6, 6.07) is 11.5. The van der Waals surface area contributed by atoms with Crippen LogP contribution in [0.25, 0.3) is 0 Å². The second-order valence-corrected chi connectivity index (χ2v) is 11.2. The van der Waals surface area contributed by atoms with Gasteiger partial charge in [-0.1, -0.05) is 29.8 Å². The molecule has 1 aliphatic carbocycles. The van der Waals surface area contributed by atoms with Crippen molar-refractivity contribution in [2.75, 3.05) is 51.0 Å². The monoisotopic (exact) mass is 578 g/mol. The molecule has 4 N–H and O–H groups in total. The Bertz CT molecular complexity index is 1360. The van der Waals surface area contributed by atoms with Gasteiger partial charge >= 0.3 is 0 Å². The zero-order chi connectivity index (χ0) is 28.8. The predicted molar refractivity (Wildman–Crippen MR) is 163 cm³/mol. The fourth-order valence-corrected chi connectivity index (χ4v) is 6.41. The van der Waals surface area contributed by atoms with Crippen LogP contribution < -0.4 is 20.7 Å². The van der Waals surface area contributed by atoms with Gasteiger partial charge in [-0.25, -0.2) is 4.98 Å². The molecule has 0 spiro atoms. The number of para-hydroxylation sites is 1. The van der Waals surface area contributed by atoms with Gasteiger partial charge in [-0.15, -0.1) is 0 Å². The van der Waals surface area contributed by atoms with Gasteiger partial charge in [0, 0.05) is 13.6 Å². The molecular formula is C31H39ClN6O3. The molecule has 2 heterocycles. The van der Waals surface area contributed by atoms with Crippen molar-refractivity contribution in [3.63, 3.8) is 0 Å². The number of likely N-dealkylation sites (tertiary alicyclic amines) is 1. The van der Waals surface area contributed by atoms with E-state index in [9.17, 15) is 9.90 Å². The Morgan fingerprint density at radius 3 is 2.66 bits per heavy atom. The van der Waals surface area contributed by atoms with Crippen molar-refractivity contribution >= 4 is 40.6 Å². The smallest absolute Gasteiger partial charge is 0.253 e. The number of carbonyl (C=O) groups excluding carboxylic acids is 1. The highest BCUT2D eigenvalue weighted by atomic mass is 35.5. The van der Waals surface area contributed by atoms with Gasteiger partial charge in [0.25, 0.3) is 5.91 Å². The lowest BCUT2D eigenvalue weighted by molar-refractivity contribution is 0.0964. The SMILES string of the molecule is CNC(=O)c1ccccc1Nc1nc(Nc2ccc3c(c2OC)CCC[C@H](C2CCN(CCO)CC2)C3)ncc1Cl. The van der Waals surface area contributed by atoms with E-state index in [0.29, 0.717) is 34.0 Å². The minimum atomic E-state index is -0.208. The summed E-state index contributed by atoms with van der Waals surface area (Å²) in [4.78, 5) is 23.7. The third-order valence-electron chi connectivity index (χ3n) is 8.40. The predicted octanol–water partition coefficient (Wildman–Crippen LogP) is 5.18. The lowest BCUT2D eigenvalue weighted by Gasteiger charge is -2.35. The molecule has 1 aliphatic heterocycles. The minimum absolute atomic E-state index is 0.208. The van der Waals surface area contributed by atoms with Gasteiger partial charge in [0.1, 0.15) is 10.8 Å². The maximum Gasteiger partial charge on any atom is 0.253 e. The number of rotatable bonds is 9. The van der Waals surface area contributed by atoms with Crippen LogP contribution in [0, 0.1) is 11.8 Å². The summed E-state index contributed by atoms with van der Waals surface area (Å²) in [5.74, 6) is 2.78. The summed E-state index contributed by atoms with van der Waals surface area (Å²) < 4.78 is 5.96. The van der Waals surface area contributed by atoms with Crippen molar-refractivity contribution in [3.8, 4) is 5.75 Å². The molecule has 1 amide bonds. The van der Waals surface area contributed by atoms with Crippen molar-refractivity contribution in [2.45, 2.75) is 38.5 Å². The van der Waals surface area contributed by atoms with E-state index in [4.69, 9.17) is 16.3 Å². The highest BCUT2D eigenvalue weighted by Crippen LogP contribution is 2.41. The average Bonchev–Trinajstić information content (AvgIpc) is 3.22. The summed E-state index contributed by atoms with van der Waals surface area (Å²) in [5.41, 5.74) is 4.50. The van der Waals surface area contributed by atoms with Crippen LogP contribution in [-0.2, 0) is 12.8 Å². The van der Waals surface area contributed by atoms with Gasteiger partial charge < -0.3 is 30.7 Å². The van der Waals surface area contributed by atoms with Crippen molar-refractivity contribution < 1.29 is 14.6 Å². The number of nitrogens with zero attached hydrogens (tertiary/aromatic N) is 3. The summed E-state index contributed by atoms with van der Waals surface area (Å²) in [5, 5.41) is 18.8. The Kier molecular flexibility index (Phi) is 9.59. The number of ether oxygens (including phenoxy) is 1. The number of piperidine rings is 1. The lowest BCUT2D eigenvalue weighted by Crippen LogP contribution is -2.38. The summed E-state index contributed by atoms with van der Waals surface area (Å²) >= 11 is 6.43. The van der Waals surface area contributed by atoms with Crippen LogP contribution in [0.2, 0.25) is 5.02 Å². The Morgan fingerprint density at radius 1 is 1.10 bits per heavy atom. The normalized spacial score (nSPS) is 17.8. The second-order valence-electron chi connectivity index (χ2n) is 10.8. The first kappa shape index (κ1) is 29.1. The Morgan fingerprint density at radius 2 is 1.90 bits per heavy atom. The average molecular weight is 579 g/mol. The number of hydrogen-bond acceptors (Lipinski definition) is 8. The molecule has 1 aromatic heterocycles. The van der Waals surface area contributed by atoms with Gasteiger partial charge in [0.15, 0.2) is 5.82 Å². The summed E-state index contributed by atoms with van der Waals surface area (Å²) in [6.45, 7) is 3.18. The van der Waals surface area contributed by atoms with Gasteiger partial charge in [-0.05, 0) is 92.8 Å². The molecule has 1 atom stereocenters. The number of fused-ring (bicyclic) bond motifs is 1. The summed E-state index contributed by atoms with van der Waals surface area (Å²) in [6.07, 6.45) is 8.32. The number of anilines is 4. The first-order chi connectivity index (χ1) is 20.0. The van der Waals surface area contributed by atoms with Crippen LogP contribution in [0.4, 0.5) is 23.1 Å². The third-order valence-corrected chi connectivity index (χ3v) is 8.68. The molecule has 0 unspecified atom stereocenters. The zero-order valence-corrected chi connectivity index (χ0v) is 24.5. The molecule has 1 fully saturated rings. The Hall–Kier alpha value is -3.40. The van der Waals surface area contributed by atoms with Crippen molar-refractivity contribution in [3.05, 3.63) is 64.3 Å². The lowest BCUT2D eigenvalue weighted by atomic mass is 9.79. The Balaban J connectivity index is 1.34. The van der Waals surface area contributed by atoms with Crippen molar-refractivity contribution in [1.82, 2.24) is 20.2 Å². The molecule has 2 aromatic carbocycles. The molecule has 41 heavy (non-hydrogen) atoms. The number of nitrogens with one attached hydrogen (secondary N) is 3. The van der Waals surface area contributed by atoms with Crippen molar-refractivity contribution in [1.29, 1.82) is 0 Å². The zero-order valence-electron chi connectivity index (χ0n) is 23.8. The van der Waals surface area contributed by atoms with E-state index < -0.39 is 0 Å². The van der Waals surface area contributed by atoms with Gasteiger partial charge in [0.05, 0.1) is 36.9 Å². The number of halogens is 1. The maximum atomic E-state index is 12.3. The number of carbonyl (C=O) groups is 1. The molecular weight excluding hydrogens is 540 g/mol. The molecule has 3 aromatic rings. The first-order valence-electron chi connectivity index (χ1n) is 14.4. The van der Waals surface area contributed by atoms with Crippen LogP contribution in [0.15, 0.2) is 42.6 Å². The number of aliphatic hydroxyl groups excluding tert-OH is 1. The fraction of sp³-hybridized carbons (Fsp3) is 0.452. The van der Waals surface area contributed by atoms with Gasteiger partial charge in [-0.2, -0.15) is 4.98 Å². The van der Waals surface area contributed by atoms with E-state index in [1.165, 1.54) is 36.6 Å².